The zero-order valence-corrected chi connectivity index (χ0v) is 16.5. The van der Waals surface area contributed by atoms with E-state index in [1.54, 1.807) is 0 Å². The molecule has 1 aliphatic heterocycles. The van der Waals surface area contributed by atoms with Gasteiger partial charge < -0.3 is 4.90 Å². The van der Waals surface area contributed by atoms with Gasteiger partial charge in [0.15, 0.2) is 0 Å². The molecule has 3 aromatic heterocycles. The topological polar surface area (TPSA) is 33.4 Å². The standard InChI is InChI=1S/C23H26N4/c1-5-21(19-8-11-27-23(13-19)16(2)14-25-27)22-12-20(15-24-17(22)3)18-6-9-26(4)10-7-18/h5-6,8,11-15H,7,9-10H2,1-4H3/b21-5-. The molecule has 4 nitrogen and oxygen atoms in total. The molecule has 0 N–H and O–H groups in total. The van der Waals surface area contributed by atoms with Crippen LogP contribution in [-0.2, 0) is 0 Å². The third-order valence-electron chi connectivity index (χ3n) is 5.47. The van der Waals surface area contributed by atoms with Crippen molar-refractivity contribution >= 4 is 16.7 Å². The van der Waals surface area contributed by atoms with Crippen LogP contribution in [0.25, 0.3) is 16.7 Å². The second-order valence-corrected chi connectivity index (χ2v) is 7.37. The van der Waals surface area contributed by atoms with Gasteiger partial charge in [0.1, 0.15) is 0 Å². The average molecular weight is 358 g/mol. The number of fused-ring (bicyclic) bond motifs is 1. The summed E-state index contributed by atoms with van der Waals surface area (Å²) in [5.74, 6) is 0. The molecule has 4 heteroatoms. The van der Waals surface area contributed by atoms with Gasteiger partial charge in [-0.2, -0.15) is 5.10 Å². The van der Waals surface area contributed by atoms with Crippen LogP contribution in [0.3, 0.4) is 0 Å². The number of nitrogens with zero attached hydrogens (tertiary/aromatic N) is 4. The van der Waals surface area contributed by atoms with Gasteiger partial charge in [0.25, 0.3) is 0 Å². The van der Waals surface area contributed by atoms with E-state index in [0.717, 1.165) is 30.7 Å². The molecule has 0 saturated carbocycles. The van der Waals surface area contributed by atoms with Crippen LogP contribution in [0.5, 0.6) is 0 Å². The molecular formula is C23H26N4. The van der Waals surface area contributed by atoms with Crippen molar-refractivity contribution in [1.82, 2.24) is 19.5 Å². The van der Waals surface area contributed by atoms with Crippen LogP contribution in [0.15, 0.2) is 48.9 Å². The van der Waals surface area contributed by atoms with Gasteiger partial charge in [-0.25, -0.2) is 4.52 Å². The highest BCUT2D eigenvalue weighted by atomic mass is 15.2. The monoisotopic (exact) mass is 358 g/mol. The highest BCUT2D eigenvalue weighted by molar-refractivity contribution is 5.84. The van der Waals surface area contributed by atoms with Crippen LogP contribution in [0.4, 0.5) is 0 Å². The fourth-order valence-electron chi connectivity index (χ4n) is 3.76. The molecule has 0 saturated heterocycles. The van der Waals surface area contributed by atoms with Crippen LogP contribution in [0.2, 0.25) is 0 Å². The molecule has 0 atom stereocenters. The third kappa shape index (κ3) is 3.33. The second-order valence-electron chi connectivity index (χ2n) is 7.37. The van der Waals surface area contributed by atoms with E-state index >= 15 is 0 Å². The SMILES string of the molecule is C/C=C(/c1ccn2ncc(C)c2c1)c1cc(C2=CCN(C)CC2)cnc1C. The summed E-state index contributed by atoms with van der Waals surface area (Å²) in [5.41, 5.74) is 9.66. The molecule has 138 valence electrons. The highest BCUT2D eigenvalue weighted by Gasteiger charge is 2.15. The maximum Gasteiger partial charge on any atom is 0.0696 e. The summed E-state index contributed by atoms with van der Waals surface area (Å²) in [5, 5.41) is 4.39. The number of pyridine rings is 2. The Labute approximate surface area is 160 Å². The van der Waals surface area contributed by atoms with E-state index in [1.165, 1.54) is 33.4 Å². The van der Waals surface area contributed by atoms with Crippen LogP contribution in [0, 0.1) is 13.8 Å². The molecular weight excluding hydrogens is 332 g/mol. The lowest BCUT2D eigenvalue weighted by atomic mass is 9.93. The minimum absolute atomic E-state index is 1.01. The predicted molar refractivity (Wildman–Crippen MR) is 112 cm³/mol. The molecule has 0 amide bonds. The number of aryl methyl sites for hydroxylation is 2. The van der Waals surface area contributed by atoms with Gasteiger partial charge in [-0.1, -0.05) is 12.2 Å². The largest absolute Gasteiger partial charge is 0.302 e. The summed E-state index contributed by atoms with van der Waals surface area (Å²) in [4.78, 5) is 7.06. The molecule has 0 fully saturated rings. The van der Waals surface area contributed by atoms with E-state index in [-0.39, 0.29) is 0 Å². The third-order valence-corrected chi connectivity index (χ3v) is 5.47. The fraction of sp³-hybridized carbons (Fsp3) is 0.304. The smallest absolute Gasteiger partial charge is 0.0696 e. The Morgan fingerprint density at radius 3 is 2.78 bits per heavy atom. The molecule has 4 heterocycles. The second kappa shape index (κ2) is 7.12. The molecule has 1 aliphatic rings. The van der Waals surface area contributed by atoms with Gasteiger partial charge >= 0.3 is 0 Å². The Hall–Kier alpha value is -2.72. The number of hydrogen-bond acceptors (Lipinski definition) is 3. The van der Waals surface area contributed by atoms with Crippen molar-refractivity contribution in [3.05, 3.63) is 76.9 Å². The van der Waals surface area contributed by atoms with Gasteiger partial charge in [0.2, 0.25) is 0 Å². The molecule has 27 heavy (non-hydrogen) atoms. The van der Waals surface area contributed by atoms with Gasteiger partial charge in [-0.3, -0.25) is 4.98 Å². The van der Waals surface area contributed by atoms with Crippen molar-refractivity contribution in [2.24, 2.45) is 0 Å². The summed E-state index contributed by atoms with van der Waals surface area (Å²) in [6.07, 6.45) is 11.6. The van der Waals surface area contributed by atoms with Gasteiger partial charge in [0.05, 0.1) is 11.7 Å². The lowest BCUT2D eigenvalue weighted by molar-refractivity contribution is 0.370. The number of hydrogen-bond donors (Lipinski definition) is 0. The lowest BCUT2D eigenvalue weighted by Crippen LogP contribution is -2.23. The first kappa shape index (κ1) is 17.7. The molecule has 0 radical (unpaired) electrons. The normalized spacial score (nSPS) is 16.0. The Morgan fingerprint density at radius 2 is 2.04 bits per heavy atom. The first-order valence-electron chi connectivity index (χ1n) is 9.52. The maximum atomic E-state index is 4.72. The number of allylic oxidation sites excluding steroid dienone is 1. The van der Waals surface area contributed by atoms with E-state index in [9.17, 15) is 0 Å². The van der Waals surface area contributed by atoms with Gasteiger partial charge in [-0.05, 0) is 80.3 Å². The summed E-state index contributed by atoms with van der Waals surface area (Å²) in [7, 11) is 2.17. The van der Waals surface area contributed by atoms with Crippen LogP contribution >= 0.6 is 0 Å². The molecule has 0 aromatic carbocycles. The average Bonchev–Trinajstić information content (AvgIpc) is 3.05. The summed E-state index contributed by atoms with van der Waals surface area (Å²) in [6.45, 7) is 8.40. The number of likely N-dealkylation sites (N-methyl/N-ethyl adjacent to an activating group) is 1. The summed E-state index contributed by atoms with van der Waals surface area (Å²) in [6, 6.07) is 6.66. The predicted octanol–water partition coefficient (Wildman–Crippen LogP) is 4.52. The Balaban J connectivity index is 1.77. The van der Waals surface area contributed by atoms with E-state index in [4.69, 9.17) is 4.98 Å². The van der Waals surface area contributed by atoms with Gasteiger partial charge in [0, 0.05) is 36.7 Å². The van der Waals surface area contributed by atoms with Crippen molar-refractivity contribution in [2.45, 2.75) is 27.2 Å². The van der Waals surface area contributed by atoms with Gasteiger partial charge in [-0.15, -0.1) is 0 Å². The Morgan fingerprint density at radius 1 is 1.19 bits per heavy atom. The Bertz CT molecular complexity index is 1060. The van der Waals surface area contributed by atoms with Crippen LogP contribution in [-0.4, -0.2) is 39.6 Å². The van der Waals surface area contributed by atoms with Crippen molar-refractivity contribution in [3.63, 3.8) is 0 Å². The van der Waals surface area contributed by atoms with Crippen LogP contribution in [0.1, 0.15) is 41.3 Å². The first-order chi connectivity index (χ1) is 13.1. The maximum absolute atomic E-state index is 4.72. The van der Waals surface area contributed by atoms with Crippen LogP contribution < -0.4 is 0 Å². The molecule has 0 bridgehead atoms. The number of aromatic nitrogens is 3. The number of rotatable bonds is 3. The van der Waals surface area contributed by atoms with E-state index in [0.29, 0.717) is 0 Å². The van der Waals surface area contributed by atoms with Crippen molar-refractivity contribution in [1.29, 1.82) is 0 Å². The van der Waals surface area contributed by atoms with Crippen molar-refractivity contribution in [3.8, 4) is 0 Å². The lowest BCUT2D eigenvalue weighted by Gasteiger charge is -2.22. The highest BCUT2D eigenvalue weighted by Crippen LogP contribution is 2.30. The Kier molecular flexibility index (Phi) is 4.66. The molecule has 0 aliphatic carbocycles. The zero-order valence-electron chi connectivity index (χ0n) is 16.5. The minimum atomic E-state index is 1.01. The molecule has 0 unspecified atom stereocenters. The zero-order chi connectivity index (χ0) is 19.0. The van der Waals surface area contributed by atoms with Crippen molar-refractivity contribution in [2.75, 3.05) is 20.1 Å². The summed E-state index contributed by atoms with van der Waals surface area (Å²) >= 11 is 0. The quantitative estimate of drug-likeness (QED) is 0.690. The first-order valence-corrected chi connectivity index (χ1v) is 9.52. The van der Waals surface area contributed by atoms with Crippen molar-refractivity contribution < 1.29 is 0 Å². The van der Waals surface area contributed by atoms with E-state index < -0.39 is 0 Å². The molecule has 3 aromatic rings. The fourth-order valence-corrected chi connectivity index (χ4v) is 3.76. The molecule has 0 spiro atoms. The van der Waals surface area contributed by atoms with E-state index in [1.807, 2.05) is 23.1 Å². The summed E-state index contributed by atoms with van der Waals surface area (Å²) < 4.78 is 1.93. The minimum Gasteiger partial charge on any atom is -0.302 e. The molecule has 4 rings (SSSR count). The van der Waals surface area contributed by atoms with E-state index in [2.05, 4.69) is 68.2 Å².